The SMILES string of the molecule is CCNC(Cc1ccc(I)cc1)c1ccccc1CC. The fourth-order valence-electron chi connectivity index (χ4n) is 2.59. The molecule has 0 spiro atoms. The Morgan fingerprint density at radius 3 is 2.35 bits per heavy atom. The average Bonchev–Trinajstić information content (AvgIpc) is 2.49. The molecule has 0 saturated carbocycles. The van der Waals surface area contributed by atoms with Gasteiger partial charge in [-0.05, 0) is 70.8 Å². The summed E-state index contributed by atoms with van der Waals surface area (Å²) in [6, 6.07) is 18.0. The molecule has 0 aliphatic carbocycles. The molecule has 0 bridgehead atoms. The Morgan fingerprint density at radius 1 is 1.00 bits per heavy atom. The van der Waals surface area contributed by atoms with Crippen molar-refractivity contribution >= 4 is 22.6 Å². The highest BCUT2D eigenvalue weighted by atomic mass is 127. The van der Waals surface area contributed by atoms with E-state index in [0.29, 0.717) is 6.04 Å². The highest BCUT2D eigenvalue weighted by molar-refractivity contribution is 14.1. The van der Waals surface area contributed by atoms with Gasteiger partial charge in [-0.2, -0.15) is 0 Å². The summed E-state index contributed by atoms with van der Waals surface area (Å²) in [6.45, 7) is 5.40. The molecule has 0 aliphatic rings. The summed E-state index contributed by atoms with van der Waals surface area (Å²) >= 11 is 2.35. The smallest absolute Gasteiger partial charge is 0.0363 e. The molecule has 0 radical (unpaired) electrons. The third-order valence-corrected chi connectivity index (χ3v) is 4.33. The third-order valence-electron chi connectivity index (χ3n) is 3.62. The molecule has 2 rings (SSSR count). The van der Waals surface area contributed by atoms with E-state index in [0.717, 1.165) is 19.4 Å². The largest absolute Gasteiger partial charge is 0.310 e. The maximum Gasteiger partial charge on any atom is 0.0363 e. The van der Waals surface area contributed by atoms with E-state index >= 15 is 0 Å². The number of hydrogen-bond donors (Lipinski definition) is 1. The Bertz CT molecular complexity index is 533. The van der Waals surface area contributed by atoms with Crippen LogP contribution in [0.15, 0.2) is 48.5 Å². The van der Waals surface area contributed by atoms with E-state index in [1.807, 2.05) is 0 Å². The van der Waals surface area contributed by atoms with Crippen LogP contribution >= 0.6 is 22.6 Å². The molecular weight excluding hydrogens is 357 g/mol. The van der Waals surface area contributed by atoms with Crippen LogP contribution in [0, 0.1) is 3.57 Å². The number of hydrogen-bond acceptors (Lipinski definition) is 1. The Hall–Kier alpha value is -0.870. The van der Waals surface area contributed by atoms with Crippen molar-refractivity contribution in [1.29, 1.82) is 0 Å². The Morgan fingerprint density at radius 2 is 1.70 bits per heavy atom. The minimum absolute atomic E-state index is 0.399. The monoisotopic (exact) mass is 379 g/mol. The summed E-state index contributed by atoms with van der Waals surface area (Å²) in [4.78, 5) is 0. The Balaban J connectivity index is 2.24. The van der Waals surface area contributed by atoms with Crippen LogP contribution in [0.1, 0.15) is 36.6 Å². The number of likely N-dealkylation sites (N-methyl/N-ethyl adjacent to an activating group) is 1. The normalized spacial score (nSPS) is 12.3. The number of halogens is 1. The zero-order valence-corrected chi connectivity index (χ0v) is 14.4. The topological polar surface area (TPSA) is 12.0 Å². The maximum absolute atomic E-state index is 3.63. The fraction of sp³-hybridized carbons (Fsp3) is 0.333. The molecule has 0 aliphatic heterocycles. The molecule has 2 aromatic rings. The van der Waals surface area contributed by atoms with Gasteiger partial charge in [-0.25, -0.2) is 0 Å². The van der Waals surface area contributed by atoms with Crippen molar-refractivity contribution in [2.45, 2.75) is 32.7 Å². The second kappa shape index (κ2) is 7.79. The van der Waals surface area contributed by atoms with E-state index < -0.39 is 0 Å². The Kier molecular flexibility index (Phi) is 6.05. The zero-order valence-electron chi connectivity index (χ0n) is 12.2. The van der Waals surface area contributed by atoms with Crippen LogP contribution in [-0.4, -0.2) is 6.54 Å². The van der Waals surface area contributed by atoms with Crippen molar-refractivity contribution < 1.29 is 0 Å². The molecule has 0 amide bonds. The van der Waals surface area contributed by atoms with E-state index in [-0.39, 0.29) is 0 Å². The third kappa shape index (κ3) is 4.06. The lowest BCUT2D eigenvalue weighted by Gasteiger charge is -2.21. The van der Waals surface area contributed by atoms with Crippen LogP contribution < -0.4 is 5.32 Å². The molecule has 0 fully saturated rings. The van der Waals surface area contributed by atoms with E-state index in [9.17, 15) is 0 Å². The van der Waals surface area contributed by atoms with Gasteiger partial charge in [0.15, 0.2) is 0 Å². The van der Waals surface area contributed by atoms with E-state index in [2.05, 4.69) is 90.3 Å². The van der Waals surface area contributed by atoms with Gasteiger partial charge in [0.05, 0.1) is 0 Å². The van der Waals surface area contributed by atoms with Crippen LogP contribution in [0.5, 0.6) is 0 Å². The van der Waals surface area contributed by atoms with Crippen LogP contribution in [0.25, 0.3) is 0 Å². The van der Waals surface area contributed by atoms with E-state index in [4.69, 9.17) is 0 Å². The standard InChI is InChI=1S/C18H22IN/c1-3-15-7-5-6-8-17(15)18(20-4-2)13-14-9-11-16(19)12-10-14/h5-12,18,20H,3-4,13H2,1-2H3. The Labute approximate surface area is 135 Å². The van der Waals surface area contributed by atoms with Crippen molar-refractivity contribution in [1.82, 2.24) is 5.32 Å². The van der Waals surface area contributed by atoms with Gasteiger partial charge in [0.1, 0.15) is 0 Å². The summed E-state index contributed by atoms with van der Waals surface area (Å²) in [7, 11) is 0. The lowest BCUT2D eigenvalue weighted by Crippen LogP contribution is -2.24. The first-order chi connectivity index (χ1) is 9.74. The fourth-order valence-corrected chi connectivity index (χ4v) is 2.95. The van der Waals surface area contributed by atoms with Crippen molar-refractivity contribution in [2.24, 2.45) is 0 Å². The highest BCUT2D eigenvalue weighted by Crippen LogP contribution is 2.23. The molecule has 2 heteroatoms. The van der Waals surface area contributed by atoms with E-state index in [1.54, 1.807) is 0 Å². The lowest BCUT2D eigenvalue weighted by molar-refractivity contribution is 0.546. The summed E-state index contributed by atoms with van der Waals surface area (Å²) in [5, 5.41) is 3.63. The molecule has 106 valence electrons. The predicted octanol–water partition coefficient (Wildman–Crippen LogP) is 4.75. The van der Waals surface area contributed by atoms with Crippen molar-refractivity contribution in [3.05, 3.63) is 68.8 Å². The molecule has 1 unspecified atom stereocenters. The molecular formula is C18H22IN. The quantitative estimate of drug-likeness (QED) is 0.715. The van der Waals surface area contributed by atoms with Crippen LogP contribution in [0.2, 0.25) is 0 Å². The van der Waals surface area contributed by atoms with Gasteiger partial charge < -0.3 is 5.32 Å². The molecule has 1 atom stereocenters. The van der Waals surface area contributed by atoms with Gasteiger partial charge in [0, 0.05) is 9.61 Å². The molecule has 20 heavy (non-hydrogen) atoms. The molecule has 0 saturated heterocycles. The summed E-state index contributed by atoms with van der Waals surface area (Å²) in [5.74, 6) is 0. The highest BCUT2D eigenvalue weighted by Gasteiger charge is 2.13. The van der Waals surface area contributed by atoms with Gasteiger partial charge in [-0.1, -0.05) is 50.2 Å². The maximum atomic E-state index is 3.63. The zero-order chi connectivity index (χ0) is 14.4. The van der Waals surface area contributed by atoms with Crippen LogP contribution in [0.4, 0.5) is 0 Å². The minimum atomic E-state index is 0.399. The first-order valence-electron chi connectivity index (χ1n) is 7.30. The summed E-state index contributed by atoms with van der Waals surface area (Å²) in [5.41, 5.74) is 4.28. The number of rotatable bonds is 6. The van der Waals surface area contributed by atoms with Crippen molar-refractivity contribution in [3.63, 3.8) is 0 Å². The van der Waals surface area contributed by atoms with Gasteiger partial charge in [-0.15, -0.1) is 0 Å². The van der Waals surface area contributed by atoms with Gasteiger partial charge in [-0.3, -0.25) is 0 Å². The summed E-state index contributed by atoms with van der Waals surface area (Å²) in [6.07, 6.45) is 2.13. The molecule has 2 aromatic carbocycles. The molecule has 1 N–H and O–H groups in total. The summed E-state index contributed by atoms with van der Waals surface area (Å²) < 4.78 is 1.29. The van der Waals surface area contributed by atoms with Gasteiger partial charge in [0.2, 0.25) is 0 Å². The number of aryl methyl sites for hydroxylation is 1. The van der Waals surface area contributed by atoms with Crippen molar-refractivity contribution in [3.8, 4) is 0 Å². The van der Waals surface area contributed by atoms with Crippen LogP contribution in [0.3, 0.4) is 0 Å². The second-order valence-electron chi connectivity index (χ2n) is 4.99. The first kappa shape index (κ1) is 15.5. The first-order valence-corrected chi connectivity index (χ1v) is 8.38. The number of benzene rings is 2. The van der Waals surface area contributed by atoms with Gasteiger partial charge >= 0.3 is 0 Å². The number of nitrogens with one attached hydrogen (secondary N) is 1. The van der Waals surface area contributed by atoms with Gasteiger partial charge in [0.25, 0.3) is 0 Å². The average molecular weight is 379 g/mol. The molecule has 0 aromatic heterocycles. The lowest BCUT2D eigenvalue weighted by atomic mass is 9.93. The predicted molar refractivity (Wildman–Crippen MR) is 95.1 cm³/mol. The second-order valence-corrected chi connectivity index (χ2v) is 6.24. The van der Waals surface area contributed by atoms with E-state index in [1.165, 1.54) is 20.3 Å². The minimum Gasteiger partial charge on any atom is -0.310 e. The molecule has 1 nitrogen and oxygen atoms in total. The van der Waals surface area contributed by atoms with Crippen LogP contribution in [-0.2, 0) is 12.8 Å². The van der Waals surface area contributed by atoms with Crippen molar-refractivity contribution in [2.75, 3.05) is 6.54 Å². The molecule has 0 heterocycles.